The lowest BCUT2D eigenvalue weighted by Gasteiger charge is -2.21. The maximum Gasteiger partial charge on any atom is 0.255 e. The molecular formula is C13H17BrN2O. The number of amides is 1. The molecule has 92 valence electrons. The fourth-order valence-electron chi connectivity index (χ4n) is 2.16. The highest BCUT2D eigenvalue weighted by Crippen LogP contribution is 2.21. The average Bonchev–Trinajstić information content (AvgIpc) is 2.60. The Kier molecular flexibility index (Phi) is 4.05. The summed E-state index contributed by atoms with van der Waals surface area (Å²) in [6.07, 6.45) is 4.63. The van der Waals surface area contributed by atoms with Crippen LogP contribution in [0.3, 0.4) is 0 Å². The maximum absolute atomic E-state index is 12.4. The molecule has 1 saturated heterocycles. The minimum Gasteiger partial charge on any atom is -0.398 e. The minimum absolute atomic E-state index is 0.0608. The van der Waals surface area contributed by atoms with Crippen LogP contribution in [-0.2, 0) is 0 Å². The van der Waals surface area contributed by atoms with Crippen molar-refractivity contribution in [1.29, 1.82) is 0 Å². The standard InChI is InChI=1S/C13H17BrN2O/c14-10-5-6-12(15)11(9-10)13(17)16-7-3-1-2-4-8-16/h5-6,9H,1-4,7-8,15H2. The van der Waals surface area contributed by atoms with E-state index < -0.39 is 0 Å². The molecule has 4 heteroatoms. The second kappa shape index (κ2) is 5.54. The minimum atomic E-state index is 0.0608. The number of anilines is 1. The van der Waals surface area contributed by atoms with Crippen LogP contribution in [0.2, 0.25) is 0 Å². The summed E-state index contributed by atoms with van der Waals surface area (Å²) in [6.45, 7) is 1.70. The van der Waals surface area contributed by atoms with Gasteiger partial charge in [-0.25, -0.2) is 0 Å². The summed E-state index contributed by atoms with van der Waals surface area (Å²) >= 11 is 3.38. The van der Waals surface area contributed by atoms with Crippen LogP contribution >= 0.6 is 15.9 Å². The van der Waals surface area contributed by atoms with Crippen LogP contribution < -0.4 is 5.73 Å². The Bertz CT molecular complexity index is 412. The number of carbonyl (C=O) groups is 1. The van der Waals surface area contributed by atoms with E-state index in [2.05, 4.69) is 15.9 Å². The van der Waals surface area contributed by atoms with E-state index in [0.29, 0.717) is 11.3 Å². The Morgan fingerprint density at radius 1 is 1.18 bits per heavy atom. The van der Waals surface area contributed by atoms with Gasteiger partial charge in [0.05, 0.1) is 5.56 Å². The molecule has 3 nitrogen and oxygen atoms in total. The Morgan fingerprint density at radius 3 is 2.47 bits per heavy atom. The Morgan fingerprint density at radius 2 is 1.82 bits per heavy atom. The molecular weight excluding hydrogens is 280 g/mol. The van der Waals surface area contributed by atoms with E-state index >= 15 is 0 Å². The van der Waals surface area contributed by atoms with Gasteiger partial charge in [0.1, 0.15) is 0 Å². The van der Waals surface area contributed by atoms with Crippen molar-refractivity contribution in [3.8, 4) is 0 Å². The van der Waals surface area contributed by atoms with Crippen molar-refractivity contribution < 1.29 is 4.79 Å². The lowest BCUT2D eigenvalue weighted by atomic mass is 10.1. The number of hydrogen-bond donors (Lipinski definition) is 1. The molecule has 17 heavy (non-hydrogen) atoms. The molecule has 1 heterocycles. The largest absolute Gasteiger partial charge is 0.398 e. The van der Waals surface area contributed by atoms with Crippen molar-refractivity contribution in [2.24, 2.45) is 0 Å². The van der Waals surface area contributed by atoms with Crippen molar-refractivity contribution >= 4 is 27.5 Å². The molecule has 1 aromatic rings. The van der Waals surface area contributed by atoms with Crippen molar-refractivity contribution in [2.75, 3.05) is 18.8 Å². The summed E-state index contributed by atoms with van der Waals surface area (Å²) in [7, 11) is 0. The zero-order valence-electron chi connectivity index (χ0n) is 9.79. The molecule has 1 amide bonds. The van der Waals surface area contributed by atoms with E-state index in [1.165, 1.54) is 12.8 Å². The zero-order valence-corrected chi connectivity index (χ0v) is 11.4. The number of benzene rings is 1. The third-order valence-corrected chi connectivity index (χ3v) is 3.63. The first-order chi connectivity index (χ1) is 8.18. The number of nitrogen functional groups attached to an aromatic ring is 1. The lowest BCUT2D eigenvalue weighted by molar-refractivity contribution is 0.0762. The molecule has 0 atom stereocenters. The Labute approximate surface area is 110 Å². The van der Waals surface area contributed by atoms with Crippen LogP contribution in [0, 0.1) is 0 Å². The van der Waals surface area contributed by atoms with E-state index in [9.17, 15) is 4.79 Å². The molecule has 0 saturated carbocycles. The van der Waals surface area contributed by atoms with Crippen molar-refractivity contribution in [3.63, 3.8) is 0 Å². The summed E-state index contributed by atoms with van der Waals surface area (Å²) in [5, 5.41) is 0. The highest BCUT2D eigenvalue weighted by Gasteiger charge is 2.19. The van der Waals surface area contributed by atoms with Gasteiger partial charge in [0.25, 0.3) is 5.91 Å². The molecule has 1 aliphatic rings. The maximum atomic E-state index is 12.4. The Hall–Kier alpha value is -1.03. The monoisotopic (exact) mass is 296 g/mol. The first kappa shape index (κ1) is 12.4. The third kappa shape index (κ3) is 3.00. The van der Waals surface area contributed by atoms with Gasteiger partial charge in [0.2, 0.25) is 0 Å². The van der Waals surface area contributed by atoms with Crippen LogP contribution in [0.1, 0.15) is 36.0 Å². The topological polar surface area (TPSA) is 46.3 Å². The fraction of sp³-hybridized carbons (Fsp3) is 0.462. The summed E-state index contributed by atoms with van der Waals surface area (Å²) < 4.78 is 0.893. The van der Waals surface area contributed by atoms with Crippen LogP contribution in [0.4, 0.5) is 5.69 Å². The average molecular weight is 297 g/mol. The van der Waals surface area contributed by atoms with Gasteiger partial charge in [0.15, 0.2) is 0 Å². The number of likely N-dealkylation sites (tertiary alicyclic amines) is 1. The molecule has 0 spiro atoms. The van der Waals surface area contributed by atoms with Crippen molar-refractivity contribution in [3.05, 3.63) is 28.2 Å². The van der Waals surface area contributed by atoms with Crippen molar-refractivity contribution in [1.82, 2.24) is 4.90 Å². The van der Waals surface area contributed by atoms with Crippen LogP contribution in [-0.4, -0.2) is 23.9 Å². The molecule has 2 rings (SSSR count). The second-order valence-electron chi connectivity index (χ2n) is 4.44. The van der Waals surface area contributed by atoms with Gasteiger partial charge in [0, 0.05) is 23.2 Å². The van der Waals surface area contributed by atoms with Gasteiger partial charge in [-0.3, -0.25) is 4.79 Å². The van der Waals surface area contributed by atoms with Gasteiger partial charge in [-0.1, -0.05) is 28.8 Å². The van der Waals surface area contributed by atoms with Gasteiger partial charge in [-0.05, 0) is 31.0 Å². The van der Waals surface area contributed by atoms with Crippen molar-refractivity contribution in [2.45, 2.75) is 25.7 Å². The van der Waals surface area contributed by atoms with Gasteiger partial charge < -0.3 is 10.6 Å². The Balaban J connectivity index is 2.20. The number of nitrogens with two attached hydrogens (primary N) is 1. The number of rotatable bonds is 1. The fourth-order valence-corrected chi connectivity index (χ4v) is 2.52. The smallest absolute Gasteiger partial charge is 0.255 e. The number of halogens is 1. The molecule has 0 bridgehead atoms. The van der Waals surface area contributed by atoms with Crippen LogP contribution in [0.25, 0.3) is 0 Å². The summed E-state index contributed by atoms with van der Waals surface area (Å²) in [5.41, 5.74) is 7.04. The molecule has 0 aromatic heterocycles. The number of carbonyl (C=O) groups excluding carboxylic acids is 1. The van der Waals surface area contributed by atoms with E-state index in [1.54, 1.807) is 6.07 Å². The van der Waals surface area contributed by atoms with E-state index in [4.69, 9.17) is 5.73 Å². The van der Waals surface area contributed by atoms with Gasteiger partial charge in [-0.15, -0.1) is 0 Å². The zero-order chi connectivity index (χ0) is 12.3. The van der Waals surface area contributed by atoms with E-state index in [0.717, 1.165) is 30.4 Å². The van der Waals surface area contributed by atoms with Crippen LogP contribution in [0.15, 0.2) is 22.7 Å². The van der Waals surface area contributed by atoms with Gasteiger partial charge >= 0.3 is 0 Å². The van der Waals surface area contributed by atoms with E-state index in [1.807, 2.05) is 17.0 Å². The highest BCUT2D eigenvalue weighted by molar-refractivity contribution is 9.10. The third-order valence-electron chi connectivity index (χ3n) is 3.14. The predicted octanol–water partition coefficient (Wildman–Crippen LogP) is 3.05. The second-order valence-corrected chi connectivity index (χ2v) is 5.35. The predicted molar refractivity (Wildman–Crippen MR) is 72.9 cm³/mol. The summed E-state index contributed by atoms with van der Waals surface area (Å²) in [4.78, 5) is 14.3. The first-order valence-electron chi connectivity index (χ1n) is 6.03. The number of hydrogen-bond acceptors (Lipinski definition) is 2. The summed E-state index contributed by atoms with van der Waals surface area (Å²) in [6, 6.07) is 5.44. The normalized spacial score (nSPS) is 16.6. The quantitative estimate of drug-likeness (QED) is 0.810. The molecule has 2 N–H and O–H groups in total. The molecule has 0 unspecified atom stereocenters. The molecule has 1 aromatic carbocycles. The lowest BCUT2D eigenvalue weighted by Crippen LogP contribution is -2.32. The number of nitrogens with zero attached hydrogens (tertiary/aromatic N) is 1. The highest BCUT2D eigenvalue weighted by atomic mass is 79.9. The molecule has 1 aliphatic heterocycles. The summed E-state index contributed by atoms with van der Waals surface area (Å²) in [5.74, 6) is 0.0608. The van der Waals surface area contributed by atoms with Gasteiger partial charge in [-0.2, -0.15) is 0 Å². The first-order valence-corrected chi connectivity index (χ1v) is 6.82. The van der Waals surface area contributed by atoms with E-state index in [-0.39, 0.29) is 5.91 Å². The molecule has 0 aliphatic carbocycles. The molecule has 1 fully saturated rings. The SMILES string of the molecule is Nc1ccc(Br)cc1C(=O)N1CCCCCC1. The van der Waals surface area contributed by atoms with Crippen LogP contribution in [0.5, 0.6) is 0 Å². The molecule has 0 radical (unpaired) electrons.